The van der Waals surface area contributed by atoms with E-state index in [1.165, 1.54) is 0 Å². The summed E-state index contributed by atoms with van der Waals surface area (Å²) in [5.74, 6) is 1.17. The van der Waals surface area contributed by atoms with E-state index < -0.39 is 16.1 Å². The number of ether oxygens (including phenoxy) is 1. The summed E-state index contributed by atoms with van der Waals surface area (Å²) >= 11 is 0. The first-order valence-electron chi connectivity index (χ1n) is 10.7. The Hall–Kier alpha value is -2.58. The molecule has 0 saturated heterocycles. The minimum absolute atomic E-state index is 0.00571. The average molecular weight is 446 g/mol. The fourth-order valence-corrected chi connectivity index (χ4v) is 4.03. The van der Waals surface area contributed by atoms with E-state index in [9.17, 15) is 13.5 Å². The van der Waals surface area contributed by atoms with Crippen LogP contribution in [0.25, 0.3) is 10.9 Å². The topological polar surface area (TPSA) is 104 Å². The summed E-state index contributed by atoms with van der Waals surface area (Å²) in [5, 5.41) is 19.0. The molecule has 0 fully saturated rings. The predicted octanol–water partition coefficient (Wildman–Crippen LogP) is 4.73. The molecule has 2 aromatic carbocycles. The summed E-state index contributed by atoms with van der Waals surface area (Å²) < 4.78 is 31.8. The molecule has 1 heterocycles. The van der Waals surface area contributed by atoms with Crippen LogP contribution in [0.15, 0.2) is 42.5 Å². The molecule has 8 heteroatoms. The number of aliphatic hydroxyl groups excluding tert-OH is 1. The quantitative estimate of drug-likeness (QED) is 0.370. The van der Waals surface area contributed by atoms with Crippen molar-refractivity contribution in [1.29, 1.82) is 0 Å². The molecule has 31 heavy (non-hydrogen) atoms. The number of nitrogens with zero attached hydrogens (tertiary/aromatic N) is 1. The lowest BCUT2D eigenvalue weighted by Gasteiger charge is -2.13. The fraction of sp³-hybridized carbons (Fsp3) is 0.435. The van der Waals surface area contributed by atoms with Gasteiger partial charge in [-0.3, -0.25) is 9.82 Å². The molecule has 0 aliphatic carbocycles. The zero-order valence-corrected chi connectivity index (χ0v) is 19.1. The van der Waals surface area contributed by atoms with Gasteiger partial charge < -0.3 is 9.84 Å². The highest BCUT2D eigenvalue weighted by atomic mass is 32.2. The van der Waals surface area contributed by atoms with Gasteiger partial charge in [0.25, 0.3) is 0 Å². The first kappa shape index (κ1) is 23.1. The van der Waals surface area contributed by atoms with Gasteiger partial charge in [-0.25, -0.2) is 8.42 Å². The standard InChI is InChI=1S/C23H31N3O4S/c1-4-31(28,29)26-18-9-7-8-17(14-18)22(27)10-5-6-13-30-19-11-12-20-21(15-19)24-25-23(20)16(2)3/h7-9,11-12,14-16,22,26-27H,4-6,10,13H2,1-3H3,(H,24,25)/t22-/m0/s1. The van der Waals surface area contributed by atoms with Crippen LogP contribution in [0.3, 0.4) is 0 Å². The van der Waals surface area contributed by atoms with Crippen LogP contribution in [0.4, 0.5) is 5.69 Å². The Morgan fingerprint density at radius 2 is 1.97 bits per heavy atom. The summed E-state index contributed by atoms with van der Waals surface area (Å²) in [5.41, 5.74) is 3.19. The number of aromatic nitrogens is 2. The summed E-state index contributed by atoms with van der Waals surface area (Å²) in [6.07, 6.45) is 1.51. The van der Waals surface area contributed by atoms with E-state index in [1.54, 1.807) is 31.2 Å². The van der Waals surface area contributed by atoms with E-state index in [2.05, 4.69) is 28.8 Å². The molecule has 3 N–H and O–H groups in total. The van der Waals surface area contributed by atoms with Crippen molar-refractivity contribution in [3.63, 3.8) is 0 Å². The molecule has 7 nitrogen and oxygen atoms in total. The van der Waals surface area contributed by atoms with Crippen LogP contribution in [-0.4, -0.2) is 36.1 Å². The van der Waals surface area contributed by atoms with Crippen LogP contribution in [0, 0.1) is 0 Å². The van der Waals surface area contributed by atoms with Gasteiger partial charge in [-0.15, -0.1) is 0 Å². The zero-order valence-electron chi connectivity index (χ0n) is 18.3. The molecular formula is C23H31N3O4S. The van der Waals surface area contributed by atoms with E-state index in [4.69, 9.17) is 4.74 Å². The number of benzene rings is 2. The lowest BCUT2D eigenvalue weighted by Crippen LogP contribution is -2.14. The maximum Gasteiger partial charge on any atom is 0.232 e. The van der Waals surface area contributed by atoms with Crippen molar-refractivity contribution in [3.05, 3.63) is 53.7 Å². The predicted molar refractivity (Wildman–Crippen MR) is 124 cm³/mol. The molecule has 0 bridgehead atoms. The zero-order chi connectivity index (χ0) is 22.4. The maximum absolute atomic E-state index is 11.7. The minimum atomic E-state index is -3.34. The Balaban J connectivity index is 1.46. The number of rotatable bonds is 11. The first-order chi connectivity index (χ1) is 14.8. The second-order valence-electron chi connectivity index (χ2n) is 7.96. The Morgan fingerprint density at radius 1 is 1.16 bits per heavy atom. The molecule has 0 amide bonds. The third kappa shape index (κ3) is 6.21. The molecule has 0 spiro atoms. The number of anilines is 1. The Labute approximate surface area is 183 Å². The summed E-state index contributed by atoms with van der Waals surface area (Å²) in [7, 11) is -3.34. The van der Waals surface area contributed by atoms with Crippen molar-refractivity contribution >= 4 is 26.6 Å². The van der Waals surface area contributed by atoms with Crippen LogP contribution in [0.5, 0.6) is 5.75 Å². The second kappa shape index (κ2) is 10.2. The highest BCUT2D eigenvalue weighted by Gasteiger charge is 2.12. The number of aliphatic hydroxyl groups is 1. The fourth-order valence-electron chi connectivity index (χ4n) is 3.40. The number of hydrogen-bond acceptors (Lipinski definition) is 5. The van der Waals surface area contributed by atoms with Crippen molar-refractivity contribution in [2.24, 2.45) is 0 Å². The molecular weight excluding hydrogens is 414 g/mol. The van der Waals surface area contributed by atoms with Gasteiger partial charge in [-0.1, -0.05) is 26.0 Å². The molecule has 0 saturated carbocycles. The van der Waals surface area contributed by atoms with E-state index >= 15 is 0 Å². The molecule has 3 aromatic rings. The minimum Gasteiger partial charge on any atom is -0.494 e. The van der Waals surface area contributed by atoms with Gasteiger partial charge in [0.05, 0.1) is 24.0 Å². The first-order valence-corrected chi connectivity index (χ1v) is 12.3. The van der Waals surface area contributed by atoms with Gasteiger partial charge in [0.2, 0.25) is 10.0 Å². The van der Waals surface area contributed by atoms with E-state index in [0.29, 0.717) is 30.2 Å². The molecule has 0 aliphatic rings. The Bertz CT molecular complexity index is 1110. The molecule has 1 aromatic heterocycles. The highest BCUT2D eigenvalue weighted by Crippen LogP contribution is 2.26. The molecule has 0 unspecified atom stereocenters. The number of unbranched alkanes of at least 4 members (excludes halogenated alkanes) is 1. The van der Waals surface area contributed by atoms with Crippen molar-refractivity contribution in [1.82, 2.24) is 10.2 Å². The number of hydrogen-bond donors (Lipinski definition) is 3. The molecule has 1 atom stereocenters. The van der Waals surface area contributed by atoms with Crippen LogP contribution < -0.4 is 9.46 Å². The normalized spacial score (nSPS) is 12.9. The maximum atomic E-state index is 11.7. The van der Waals surface area contributed by atoms with Crippen molar-refractivity contribution < 1.29 is 18.3 Å². The Kier molecular flexibility index (Phi) is 7.56. The van der Waals surface area contributed by atoms with Gasteiger partial charge in [0.1, 0.15) is 5.75 Å². The lowest BCUT2D eigenvalue weighted by atomic mass is 10.0. The molecule has 168 valence electrons. The SMILES string of the molecule is CCS(=O)(=O)Nc1cccc([C@@H](O)CCCCOc2ccc3c(C(C)C)[nH]nc3c2)c1. The summed E-state index contributed by atoms with van der Waals surface area (Å²) in [6, 6.07) is 12.8. The summed E-state index contributed by atoms with van der Waals surface area (Å²) in [6.45, 7) is 6.40. The third-order valence-corrected chi connectivity index (χ3v) is 6.51. The third-order valence-electron chi connectivity index (χ3n) is 5.20. The van der Waals surface area contributed by atoms with E-state index in [-0.39, 0.29) is 5.75 Å². The number of aromatic amines is 1. The lowest BCUT2D eigenvalue weighted by molar-refractivity contribution is 0.160. The monoisotopic (exact) mass is 445 g/mol. The number of nitrogens with one attached hydrogen (secondary N) is 2. The van der Waals surface area contributed by atoms with Crippen molar-refractivity contribution in [2.75, 3.05) is 17.1 Å². The van der Waals surface area contributed by atoms with E-state index in [1.807, 2.05) is 18.2 Å². The van der Waals surface area contributed by atoms with E-state index in [0.717, 1.165) is 35.2 Å². The van der Waals surface area contributed by atoms with Gasteiger partial charge >= 0.3 is 0 Å². The van der Waals surface area contributed by atoms with Gasteiger partial charge in [-0.05, 0) is 61.9 Å². The van der Waals surface area contributed by atoms with Gasteiger partial charge in [-0.2, -0.15) is 5.10 Å². The molecule has 0 radical (unpaired) electrons. The van der Waals surface area contributed by atoms with Gasteiger partial charge in [0, 0.05) is 22.8 Å². The highest BCUT2D eigenvalue weighted by molar-refractivity contribution is 7.92. The summed E-state index contributed by atoms with van der Waals surface area (Å²) in [4.78, 5) is 0. The smallest absolute Gasteiger partial charge is 0.232 e. The van der Waals surface area contributed by atoms with Crippen LogP contribution in [0.1, 0.15) is 63.3 Å². The largest absolute Gasteiger partial charge is 0.494 e. The number of H-pyrrole nitrogens is 1. The van der Waals surface area contributed by atoms with Crippen LogP contribution >= 0.6 is 0 Å². The number of fused-ring (bicyclic) bond motifs is 1. The molecule has 3 rings (SSSR count). The van der Waals surface area contributed by atoms with Crippen LogP contribution in [-0.2, 0) is 10.0 Å². The number of sulfonamides is 1. The van der Waals surface area contributed by atoms with Crippen molar-refractivity contribution in [3.8, 4) is 5.75 Å². The van der Waals surface area contributed by atoms with Crippen molar-refractivity contribution in [2.45, 2.75) is 52.1 Å². The second-order valence-corrected chi connectivity index (χ2v) is 9.97. The molecule has 0 aliphatic heterocycles. The van der Waals surface area contributed by atoms with Crippen LogP contribution in [0.2, 0.25) is 0 Å². The van der Waals surface area contributed by atoms with Gasteiger partial charge in [0.15, 0.2) is 0 Å². The Morgan fingerprint density at radius 3 is 2.71 bits per heavy atom. The average Bonchev–Trinajstić information content (AvgIpc) is 3.17.